The van der Waals surface area contributed by atoms with Crippen molar-refractivity contribution in [3.63, 3.8) is 0 Å². The Morgan fingerprint density at radius 1 is 0.453 bits per heavy atom. The van der Waals surface area contributed by atoms with Crippen LogP contribution in [0.15, 0.2) is 174 Å². The summed E-state index contributed by atoms with van der Waals surface area (Å²) in [4.78, 5) is 5.43. The fourth-order valence-corrected chi connectivity index (χ4v) is 9.88. The molecule has 0 amide bonds. The first-order valence-electron chi connectivity index (χ1n) is 18.0. The van der Waals surface area contributed by atoms with Gasteiger partial charge in [-0.3, -0.25) is 0 Å². The second-order valence-corrected chi connectivity index (χ2v) is 14.9. The van der Waals surface area contributed by atoms with Crippen molar-refractivity contribution < 1.29 is 4.42 Å². The Hall–Kier alpha value is -6.75. The van der Waals surface area contributed by atoms with E-state index in [2.05, 4.69) is 162 Å². The van der Waals surface area contributed by atoms with Gasteiger partial charge in [0, 0.05) is 74.7 Å². The van der Waals surface area contributed by atoms with Gasteiger partial charge < -0.3 is 8.98 Å². The highest BCUT2D eigenvalue weighted by Crippen LogP contribution is 2.48. The number of hydrogen-bond acceptors (Lipinski definition) is 3. The number of fused-ring (bicyclic) bond motifs is 13. The number of para-hydroxylation sites is 4. The van der Waals surface area contributed by atoms with Crippen LogP contribution in [0, 0.1) is 0 Å². The lowest BCUT2D eigenvalue weighted by atomic mass is 9.92. The summed E-state index contributed by atoms with van der Waals surface area (Å²) < 4.78 is 11.2. The summed E-state index contributed by atoms with van der Waals surface area (Å²) in [7, 11) is 0. The number of hydrogen-bond donors (Lipinski definition) is 0. The third kappa shape index (κ3) is 4.12. The maximum Gasteiger partial charge on any atom is 0.135 e. The zero-order chi connectivity index (χ0) is 34.6. The largest absolute Gasteiger partial charge is 0.456 e. The second-order valence-electron chi connectivity index (χ2n) is 13.9. The van der Waals surface area contributed by atoms with Gasteiger partial charge in [-0.25, -0.2) is 4.98 Å². The number of rotatable bonds is 3. The Morgan fingerprint density at radius 3 is 1.87 bits per heavy atom. The molecule has 8 aromatic carbocycles. The molecule has 4 heteroatoms. The van der Waals surface area contributed by atoms with E-state index in [0.29, 0.717) is 0 Å². The Labute approximate surface area is 307 Å². The SMILES string of the molecule is c1ccc2c(c1)nc(-c1ccc3oc4ccccc4c3c1)c1cc(-c3ccc(-n4c5ccccc5c5ccccc54)cc3)c3sc4ccccc4c3c12. The van der Waals surface area contributed by atoms with Crippen molar-refractivity contribution >= 4 is 96.9 Å². The van der Waals surface area contributed by atoms with E-state index in [1.165, 1.54) is 63.9 Å². The fraction of sp³-hybridized carbons (Fsp3) is 0. The van der Waals surface area contributed by atoms with Crippen LogP contribution in [0.3, 0.4) is 0 Å². The zero-order valence-electron chi connectivity index (χ0n) is 28.4. The highest BCUT2D eigenvalue weighted by atomic mass is 32.1. The summed E-state index contributed by atoms with van der Waals surface area (Å²) >= 11 is 1.88. The quantitative estimate of drug-likeness (QED) is 0.173. The number of pyridine rings is 1. The molecule has 0 unspecified atom stereocenters. The molecular weight excluding hydrogens is 665 g/mol. The van der Waals surface area contributed by atoms with E-state index in [4.69, 9.17) is 9.40 Å². The van der Waals surface area contributed by atoms with Crippen LogP contribution >= 0.6 is 11.3 Å². The van der Waals surface area contributed by atoms with E-state index in [0.717, 1.165) is 49.8 Å². The first-order chi connectivity index (χ1) is 26.3. The number of furan rings is 1. The summed E-state index contributed by atoms with van der Waals surface area (Å²) in [5, 5.41) is 10.9. The van der Waals surface area contributed by atoms with Crippen LogP contribution in [0.25, 0.3) is 114 Å². The molecule has 12 rings (SSSR count). The number of aromatic nitrogens is 2. The molecule has 3 nitrogen and oxygen atoms in total. The fourth-order valence-electron chi connectivity index (χ4n) is 8.63. The minimum absolute atomic E-state index is 0.885. The third-order valence-corrected chi connectivity index (χ3v) is 12.2. The molecule has 53 heavy (non-hydrogen) atoms. The predicted molar refractivity (Wildman–Crippen MR) is 225 cm³/mol. The summed E-state index contributed by atoms with van der Waals surface area (Å²) in [5.41, 5.74) is 10.8. The Balaban J connectivity index is 1.15. The van der Waals surface area contributed by atoms with Gasteiger partial charge in [-0.05, 0) is 72.3 Å². The van der Waals surface area contributed by atoms with Gasteiger partial charge in [0.15, 0.2) is 0 Å². The average molecular weight is 693 g/mol. The Kier molecular flexibility index (Phi) is 5.93. The van der Waals surface area contributed by atoms with Crippen LogP contribution in [0.1, 0.15) is 0 Å². The first-order valence-corrected chi connectivity index (χ1v) is 18.8. The van der Waals surface area contributed by atoms with Crippen molar-refractivity contribution in [1.82, 2.24) is 9.55 Å². The van der Waals surface area contributed by atoms with Crippen LogP contribution in [0.2, 0.25) is 0 Å². The van der Waals surface area contributed by atoms with Crippen LogP contribution in [0.5, 0.6) is 0 Å². The maximum atomic E-state index is 6.24. The minimum Gasteiger partial charge on any atom is -0.456 e. The topological polar surface area (TPSA) is 31.0 Å². The van der Waals surface area contributed by atoms with Crippen LogP contribution in [-0.2, 0) is 0 Å². The molecule has 0 bridgehead atoms. The Morgan fingerprint density at radius 2 is 1.08 bits per heavy atom. The summed E-state index contributed by atoms with van der Waals surface area (Å²) in [5.74, 6) is 0. The highest BCUT2D eigenvalue weighted by molar-refractivity contribution is 7.26. The lowest BCUT2D eigenvalue weighted by molar-refractivity contribution is 0.669. The van der Waals surface area contributed by atoms with E-state index in [1.807, 2.05) is 23.5 Å². The van der Waals surface area contributed by atoms with E-state index >= 15 is 0 Å². The molecule has 0 aliphatic carbocycles. The normalized spacial score (nSPS) is 12.2. The molecule has 0 N–H and O–H groups in total. The van der Waals surface area contributed by atoms with Gasteiger partial charge in [0.25, 0.3) is 0 Å². The van der Waals surface area contributed by atoms with E-state index < -0.39 is 0 Å². The molecule has 0 spiro atoms. The van der Waals surface area contributed by atoms with Crippen LogP contribution < -0.4 is 0 Å². The molecule has 0 saturated heterocycles. The molecule has 246 valence electrons. The van der Waals surface area contributed by atoms with Crippen molar-refractivity contribution in [2.45, 2.75) is 0 Å². The average Bonchev–Trinajstić information content (AvgIpc) is 3.90. The van der Waals surface area contributed by atoms with Crippen molar-refractivity contribution in [2.24, 2.45) is 0 Å². The van der Waals surface area contributed by atoms with Gasteiger partial charge in [0.05, 0.1) is 22.2 Å². The molecule has 0 atom stereocenters. The molecule has 4 aromatic heterocycles. The monoisotopic (exact) mass is 692 g/mol. The lowest BCUT2D eigenvalue weighted by Crippen LogP contribution is -1.94. The lowest BCUT2D eigenvalue weighted by Gasteiger charge is -2.15. The molecule has 12 aromatic rings. The predicted octanol–water partition coefficient (Wildman–Crippen LogP) is 14.1. The zero-order valence-corrected chi connectivity index (χ0v) is 29.2. The molecule has 0 fully saturated rings. The third-order valence-electron chi connectivity index (χ3n) is 11.0. The maximum absolute atomic E-state index is 6.24. The number of nitrogens with zero attached hydrogens (tertiary/aromatic N) is 2. The van der Waals surface area contributed by atoms with Crippen LogP contribution in [0.4, 0.5) is 0 Å². The van der Waals surface area contributed by atoms with Gasteiger partial charge in [0.1, 0.15) is 11.2 Å². The van der Waals surface area contributed by atoms with Gasteiger partial charge in [-0.2, -0.15) is 0 Å². The van der Waals surface area contributed by atoms with Crippen molar-refractivity contribution in [3.8, 4) is 28.1 Å². The number of benzene rings is 8. The molecule has 0 aliphatic rings. The van der Waals surface area contributed by atoms with E-state index in [1.54, 1.807) is 0 Å². The molecule has 4 heterocycles. The van der Waals surface area contributed by atoms with Gasteiger partial charge >= 0.3 is 0 Å². The number of thiophene rings is 1. The molecule has 0 aliphatic heterocycles. The smallest absolute Gasteiger partial charge is 0.135 e. The van der Waals surface area contributed by atoms with Crippen molar-refractivity contribution in [3.05, 3.63) is 170 Å². The minimum atomic E-state index is 0.885. The van der Waals surface area contributed by atoms with Crippen molar-refractivity contribution in [1.29, 1.82) is 0 Å². The van der Waals surface area contributed by atoms with Gasteiger partial charge in [0.2, 0.25) is 0 Å². The van der Waals surface area contributed by atoms with Crippen LogP contribution in [-0.4, -0.2) is 9.55 Å². The second kappa shape index (κ2) is 10.9. The summed E-state index contributed by atoms with van der Waals surface area (Å²) in [6, 6.07) is 61.1. The molecule has 0 saturated carbocycles. The van der Waals surface area contributed by atoms with Gasteiger partial charge in [-0.1, -0.05) is 103 Å². The standard InChI is InChI=1S/C49H28N2OS/c1-6-16-40-35(14-1)46-39(48(50-40)30-23-26-44-38(27-30)34-13-4-9-19-43(34)52-44)28-37(49-47(46)36-15-5-10-20-45(36)53-49)29-21-24-31(25-22-29)51-41-17-7-2-11-32(41)33-12-3-8-18-42(33)51/h1-28H. The van der Waals surface area contributed by atoms with E-state index in [9.17, 15) is 0 Å². The Bertz CT molecular complexity index is 3400. The highest BCUT2D eigenvalue weighted by Gasteiger charge is 2.21. The summed E-state index contributed by atoms with van der Waals surface area (Å²) in [6.07, 6.45) is 0. The molecular formula is C49H28N2OS. The van der Waals surface area contributed by atoms with Crippen molar-refractivity contribution in [2.75, 3.05) is 0 Å². The summed E-state index contributed by atoms with van der Waals surface area (Å²) in [6.45, 7) is 0. The first kappa shape index (κ1) is 28.9. The van der Waals surface area contributed by atoms with E-state index in [-0.39, 0.29) is 0 Å². The molecule has 0 radical (unpaired) electrons. The van der Waals surface area contributed by atoms with Gasteiger partial charge in [-0.15, -0.1) is 11.3 Å².